The number of rotatable bonds is 5. The van der Waals surface area contributed by atoms with E-state index in [0.717, 1.165) is 10.8 Å². The topological polar surface area (TPSA) is 59.4 Å². The van der Waals surface area contributed by atoms with Crippen molar-refractivity contribution in [2.45, 2.75) is 6.42 Å². The first-order valence-corrected chi connectivity index (χ1v) is 5.59. The van der Waals surface area contributed by atoms with Crippen molar-refractivity contribution >= 4 is 16.7 Å². The Morgan fingerprint density at radius 3 is 2.94 bits per heavy atom. The summed E-state index contributed by atoms with van der Waals surface area (Å²) in [5.41, 5.74) is -0.0118. The lowest BCUT2D eigenvalue weighted by molar-refractivity contribution is 0.0689. The molecule has 0 bridgehead atoms. The highest BCUT2D eigenvalue weighted by atomic mass is 16.5. The number of ether oxygens (including phenoxy) is 1. The van der Waals surface area contributed by atoms with E-state index >= 15 is 0 Å². The minimum absolute atomic E-state index is 0.0118. The fourth-order valence-corrected chi connectivity index (χ4v) is 1.63. The normalized spacial score (nSPS) is 10.2. The Hall–Kier alpha value is -2.36. The highest BCUT2D eigenvalue weighted by Gasteiger charge is 2.11. The van der Waals surface area contributed by atoms with Crippen molar-refractivity contribution in [2.75, 3.05) is 6.61 Å². The van der Waals surface area contributed by atoms with Gasteiger partial charge in [0.05, 0.1) is 6.61 Å². The van der Waals surface area contributed by atoms with E-state index in [4.69, 9.17) is 9.84 Å². The molecule has 0 fully saturated rings. The van der Waals surface area contributed by atoms with E-state index in [2.05, 4.69) is 11.6 Å². The third-order valence-corrected chi connectivity index (χ3v) is 2.49. The zero-order valence-corrected chi connectivity index (χ0v) is 9.80. The second kappa shape index (κ2) is 5.31. The van der Waals surface area contributed by atoms with Crippen molar-refractivity contribution in [3.05, 3.63) is 48.7 Å². The zero-order valence-electron chi connectivity index (χ0n) is 9.80. The molecule has 2 rings (SSSR count). The van der Waals surface area contributed by atoms with Gasteiger partial charge in [-0.05, 0) is 23.9 Å². The average Bonchev–Trinajstić information content (AvgIpc) is 2.38. The van der Waals surface area contributed by atoms with Gasteiger partial charge >= 0.3 is 5.97 Å². The van der Waals surface area contributed by atoms with E-state index in [0.29, 0.717) is 18.9 Å². The maximum absolute atomic E-state index is 11.0. The van der Waals surface area contributed by atoms with Gasteiger partial charge < -0.3 is 9.84 Å². The highest BCUT2D eigenvalue weighted by Crippen LogP contribution is 2.24. The van der Waals surface area contributed by atoms with E-state index in [-0.39, 0.29) is 5.69 Å². The predicted molar refractivity (Wildman–Crippen MR) is 69.0 cm³/mol. The number of benzene rings is 1. The van der Waals surface area contributed by atoms with Gasteiger partial charge in [-0.15, -0.1) is 6.58 Å². The second-order valence-electron chi connectivity index (χ2n) is 3.76. The van der Waals surface area contributed by atoms with Crippen LogP contribution in [0.25, 0.3) is 10.8 Å². The molecule has 0 saturated heterocycles. The number of hydrogen-bond donors (Lipinski definition) is 1. The molecule has 18 heavy (non-hydrogen) atoms. The van der Waals surface area contributed by atoms with E-state index < -0.39 is 5.97 Å². The number of pyridine rings is 1. The molecule has 0 aliphatic rings. The van der Waals surface area contributed by atoms with Crippen molar-refractivity contribution < 1.29 is 14.6 Å². The fourth-order valence-electron chi connectivity index (χ4n) is 1.63. The average molecular weight is 243 g/mol. The standard InChI is InChI=1S/C14H13NO3/c1-2-3-8-18-13-11-7-5-4-6-10(11)9-12(15-13)14(16)17/h2,4-7,9H,1,3,8H2,(H,16,17). The van der Waals surface area contributed by atoms with Gasteiger partial charge in [-0.3, -0.25) is 0 Å². The van der Waals surface area contributed by atoms with Gasteiger partial charge in [-0.2, -0.15) is 0 Å². The number of aromatic carboxylic acids is 1. The Kier molecular flexibility index (Phi) is 3.57. The number of fused-ring (bicyclic) bond motifs is 1. The van der Waals surface area contributed by atoms with Crippen LogP contribution in [-0.4, -0.2) is 22.7 Å². The minimum atomic E-state index is -1.06. The Labute approximate surface area is 105 Å². The van der Waals surface area contributed by atoms with Crippen molar-refractivity contribution in [1.82, 2.24) is 4.98 Å². The molecule has 4 heteroatoms. The van der Waals surface area contributed by atoms with Crippen molar-refractivity contribution in [3.63, 3.8) is 0 Å². The summed E-state index contributed by atoms with van der Waals surface area (Å²) in [4.78, 5) is 15.0. The van der Waals surface area contributed by atoms with Gasteiger partial charge in [-0.25, -0.2) is 9.78 Å². The third-order valence-electron chi connectivity index (χ3n) is 2.49. The number of carboxylic acids is 1. The quantitative estimate of drug-likeness (QED) is 0.648. The summed E-state index contributed by atoms with van der Waals surface area (Å²) in [7, 11) is 0. The van der Waals surface area contributed by atoms with Gasteiger partial charge in [0, 0.05) is 5.39 Å². The molecule has 2 aromatic rings. The SMILES string of the molecule is C=CCCOc1nc(C(=O)O)cc2ccccc12. The molecule has 0 aliphatic carbocycles. The van der Waals surface area contributed by atoms with E-state index in [1.165, 1.54) is 6.07 Å². The summed E-state index contributed by atoms with van der Waals surface area (Å²) in [6, 6.07) is 8.95. The monoisotopic (exact) mass is 243 g/mol. The number of carbonyl (C=O) groups is 1. The lowest BCUT2D eigenvalue weighted by Gasteiger charge is -2.08. The molecule has 0 radical (unpaired) electrons. The first kappa shape index (κ1) is 12.1. The van der Waals surface area contributed by atoms with E-state index in [9.17, 15) is 4.79 Å². The molecule has 1 N–H and O–H groups in total. The lowest BCUT2D eigenvalue weighted by Crippen LogP contribution is -2.04. The smallest absolute Gasteiger partial charge is 0.354 e. The van der Waals surface area contributed by atoms with Crippen LogP contribution in [0.15, 0.2) is 43.0 Å². The van der Waals surface area contributed by atoms with Crippen LogP contribution in [0.3, 0.4) is 0 Å². The molecule has 4 nitrogen and oxygen atoms in total. The zero-order chi connectivity index (χ0) is 13.0. The molecule has 0 aliphatic heterocycles. The molecule has 92 valence electrons. The Morgan fingerprint density at radius 2 is 2.22 bits per heavy atom. The first-order valence-electron chi connectivity index (χ1n) is 5.59. The maximum Gasteiger partial charge on any atom is 0.354 e. The van der Waals surface area contributed by atoms with Gasteiger partial charge in [0.15, 0.2) is 5.69 Å². The van der Waals surface area contributed by atoms with E-state index in [1.807, 2.05) is 24.3 Å². The Morgan fingerprint density at radius 1 is 1.44 bits per heavy atom. The number of aromatic nitrogens is 1. The summed E-state index contributed by atoms with van der Waals surface area (Å²) in [6.45, 7) is 4.04. The van der Waals surface area contributed by atoms with Crippen LogP contribution in [0, 0.1) is 0 Å². The summed E-state index contributed by atoms with van der Waals surface area (Å²) in [5.74, 6) is -0.707. The molecular formula is C14H13NO3. The van der Waals surface area contributed by atoms with Gasteiger partial charge in [0.1, 0.15) is 0 Å². The molecule has 1 aromatic carbocycles. The van der Waals surface area contributed by atoms with Crippen molar-refractivity contribution in [3.8, 4) is 5.88 Å². The predicted octanol–water partition coefficient (Wildman–Crippen LogP) is 2.89. The number of nitrogens with zero attached hydrogens (tertiary/aromatic N) is 1. The molecule has 0 unspecified atom stereocenters. The minimum Gasteiger partial charge on any atom is -0.477 e. The summed E-state index contributed by atoms with van der Waals surface area (Å²) < 4.78 is 5.50. The second-order valence-corrected chi connectivity index (χ2v) is 3.76. The molecule has 0 atom stereocenters. The van der Waals surface area contributed by atoms with Gasteiger partial charge in [0.2, 0.25) is 5.88 Å². The third kappa shape index (κ3) is 2.48. The Balaban J connectivity index is 2.46. The van der Waals surface area contributed by atoms with Crippen LogP contribution in [0.4, 0.5) is 0 Å². The summed E-state index contributed by atoms with van der Waals surface area (Å²) in [6.07, 6.45) is 2.43. The summed E-state index contributed by atoms with van der Waals surface area (Å²) in [5, 5.41) is 10.6. The summed E-state index contributed by atoms with van der Waals surface area (Å²) >= 11 is 0. The molecular weight excluding hydrogens is 230 g/mol. The molecule has 1 aromatic heterocycles. The maximum atomic E-state index is 11.0. The van der Waals surface area contributed by atoms with Crippen LogP contribution in [0.5, 0.6) is 5.88 Å². The first-order chi connectivity index (χ1) is 8.72. The van der Waals surface area contributed by atoms with Crippen LogP contribution < -0.4 is 4.74 Å². The van der Waals surface area contributed by atoms with Crippen molar-refractivity contribution in [1.29, 1.82) is 0 Å². The fraction of sp³-hybridized carbons (Fsp3) is 0.143. The van der Waals surface area contributed by atoms with Crippen molar-refractivity contribution in [2.24, 2.45) is 0 Å². The Bertz CT molecular complexity index is 593. The van der Waals surface area contributed by atoms with Crippen LogP contribution in [-0.2, 0) is 0 Å². The molecule has 1 heterocycles. The molecule has 0 saturated carbocycles. The van der Waals surface area contributed by atoms with E-state index in [1.54, 1.807) is 6.08 Å². The largest absolute Gasteiger partial charge is 0.477 e. The van der Waals surface area contributed by atoms with Gasteiger partial charge in [0.25, 0.3) is 0 Å². The van der Waals surface area contributed by atoms with Gasteiger partial charge in [-0.1, -0.05) is 24.3 Å². The molecule has 0 amide bonds. The molecule has 0 spiro atoms. The number of hydrogen-bond acceptors (Lipinski definition) is 3. The van der Waals surface area contributed by atoms with Crippen LogP contribution in [0.1, 0.15) is 16.9 Å². The lowest BCUT2D eigenvalue weighted by atomic mass is 10.1. The van der Waals surface area contributed by atoms with Crippen LogP contribution in [0.2, 0.25) is 0 Å². The highest BCUT2D eigenvalue weighted by molar-refractivity contribution is 5.94. The number of carboxylic acid groups (broad SMARTS) is 1. The van der Waals surface area contributed by atoms with Crippen LogP contribution >= 0.6 is 0 Å².